The molecule has 1 saturated heterocycles. The lowest BCUT2D eigenvalue weighted by atomic mass is 10.1. The molecule has 1 saturated carbocycles. The number of anilines is 1. The van der Waals surface area contributed by atoms with Crippen LogP contribution in [0.4, 0.5) is 5.82 Å². The van der Waals surface area contributed by atoms with Gasteiger partial charge in [0.15, 0.2) is 0 Å². The van der Waals surface area contributed by atoms with Crippen molar-refractivity contribution < 1.29 is 9.15 Å². The predicted octanol–water partition coefficient (Wildman–Crippen LogP) is 3.70. The molecule has 2 fully saturated rings. The van der Waals surface area contributed by atoms with Gasteiger partial charge < -0.3 is 19.0 Å². The number of rotatable bonds is 8. The zero-order chi connectivity index (χ0) is 22.1. The number of piperazine rings is 1. The Bertz CT molecular complexity index is 1020. The molecule has 1 aliphatic carbocycles. The van der Waals surface area contributed by atoms with E-state index in [1.165, 1.54) is 29.8 Å². The number of hydrogen-bond donors (Lipinski definition) is 0. The number of benzene rings is 1. The van der Waals surface area contributed by atoms with Gasteiger partial charge in [-0.05, 0) is 57.1 Å². The fourth-order valence-corrected chi connectivity index (χ4v) is 4.55. The highest BCUT2D eigenvalue weighted by atomic mass is 16.5. The minimum atomic E-state index is 0.647. The molecule has 170 valence electrons. The molecule has 2 aromatic heterocycles. The molecular weight excluding hydrogens is 402 g/mol. The minimum absolute atomic E-state index is 0.647. The van der Waals surface area contributed by atoms with E-state index in [9.17, 15) is 0 Å². The van der Waals surface area contributed by atoms with Gasteiger partial charge in [0.1, 0.15) is 11.6 Å². The number of aryl methyl sites for hydroxylation is 1. The van der Waals surface area contributed by atoms with Crippen molar-refractivity contribution in [2.45, 2.75) is 38.9 Å². The van der Waals surface area contributed by atoms with Crippen LogP contribution in [-0.2, 0) is 13.1 Å². The van der Waals surface area contributed by atoms with Gasteiger partial charge in [0.05, 0.1) is 31.0 Å². The Labute approximate surface area is 190 Å². The van der Waals surface area contributed by atoms with Crippen LogP contribution in [0.15, 0.2) is 47.3 Å². The second-order valence-electron chi connectivity index (χ2n) is 9.06. The Balaban J connectivity index is 1.51. The van der Waals surface area contributed by atoms with Crippen LogP contribution < -0.4 is 9.64 Å². The van der Waals surface area contributed by atoms with Gasteiger partial charge in [-0.3, -0.25) is 4.90 Å². The molecule has 0 radical (unpaired) electrons. The highest BCUT2D eigenvalue weighted by Crippen LogP contribution is 2.35. The third kappa shape index (κ3) is 4.40. The monoisotopic (exact) mass is 435 g/mol. The van der Waals surface area contributed by atoms with E-state index in [2.05, 4.69) is 51.6 Å². The Hall–Kier alpha value is -2.77. The van der Waals surface area contributed by atoms with Crippen molar-refractivity contribution in [2.75, 3.05) is 45.2 Å². The number of furan rings is 1. The summed E-state index contributed by atoms with van der Waals surface area (Å²) in [5.74, 6) is 2.10. The van der Waals surface area contributed by atoms with Gasteiger partial charge in [-0.25, -0.2) is 4.68 Å². The van der Waals surface area contributed by atoms with Crippen molar-refractivity contribution in [1.29, 1.82) is 0 Å². The number of likely N-dealkylation sites (N-methyl/N-ethyl adjacent to an activating group) is 1. The molecule has 0 amide bonds. The van der Waals surface area contributed by atoms with Gasteiger partial charge in [0.25, 0.3) is 0 Å². The lowest BCUT2D eigenvalue weighted by molar-refractivity contribution is 0.244. The molecule has 2 aliphatic rings. The second kappa shape index (κ2) is 9.00. The third-order valence-corrected chi connectivity index (χ3v) is 6.67. The molecular formula is C25H33N5O2. The van der Waals surface area contributed by atoms with Crippen LogP contribution in [-0.4, -0.2) is 66.0 Å². The molecule has 3 aromatic rings. The Morgan fingerprint density at radius 2 is 1.81 bits per heavy atom. The fourth-order valence-electron chi connectivity index (χ4n) is 4.55. The molecule has 0 spiro atoms. The first kappa shape index (κ1) is 21.1. The number of aromatic nitrogens is 2. The average Bonchev–Trinajstić information content (AvgIpc) is 3.44. The lowest BCUT2D eigenvalue weighted by Crippen LogP contribution is -2.45. The number of nitrogens with zero attached hydrogens (tertiary/aromatic N) is 5. The van der Waals surface area contributed by atoms with Gasteiger partial charge in [0.2, 0.25) is 0 Å². The molecule has 7 heteroatoms. The molecule has 1 aromatic carbocycles. The quantitative estimate of drug-likeness (QED) is 0.538. The summed E-state index contributed by atoms with van der Waals surface area (Å²) in [7, 11) is 3.90. The van der Waals surface area contributed by atoms with Crippen molar-refractivity contribution in [3.8, 4) is 11.4 Å². The van der Waals surface area contributed by atoms with E-state index >= 15 is 0 Å². The van der Waals surface area contributed by atoms with Crippen molar-refractivity contribution >= 4 is 5.82 Å². The molecule has 0 atom stereocenters. The molecule has 0 unspecified atom stereocenters. The maximum Gasteiger partial charge on any atom is 0.137 e. The van der Waals surface area contributed by atoms with Crippen LogP contribution in [0.1, 0.15) is 29.7 Å². The van der Waals surface area contributed by atoms with Crippen LogP contribution in [0, 0.1) is 6.92 Å². The van der Waals surface area contributed by atoms with Crippen LogP contribution in [0.2, 0.25) is 0 Å². The summed E-state index contributed by atoms with van der Waals surface area (Å²) in [6, 6.07) is 10.9. The maximum atomic E-state index is 5.37. The highest BCUT2D eigenvalue weighted by Gasteiger charge is 2.32. The summed E-state index contributed by atoms with van der Waals surface area (Å²) in [5.41, 5.74) is 4.74. The molecule has 1 aliphatic heterocycles. The van der Waals surface area contributed by atoms with Gasteiger partial charge in [0, 0.05) is 56.4 Å². The topological polar surface area (TPSA) is 49.9 Å². The first-order valence-electron chi connectivity index (χ1n) is 11.5. The third-order valence-electron chi connectivity index (χ3n) is 6.67. The van der Waals surface area contributed by atoms with E-state index in [0.717, 1.165) is 56.4 Å². The van der Waals surface area contributed by atoms with Crippen LogP contribution in [0.25, 0.3) is 5.69 Å². The zero-order valence-electron chi connectivity index (χ0n) is 19.3. The Kier molecular flexibility index (Phi) is 5.93. The summed E-state index contributed by atoms with van der Waals surface area (Å²) < 4.78 is 12.8. The predicted molar refractivity (Wildman–Crippen MR) is 126 cm³/mol. The Morgan fingerprint density at radius 1 is 1.06 bits per heavy atom. The molecule has 0 bridgehead atoms. The van der Waals surface area contributed by atoms with Crippen LogP contribution in [0.3, 0.4) is 0 Å². The van der Waals surface area contributed by atoms with Gasteiger partial charge in [-0.2, -0.15) is 5.10 Å². The summed E-state index contributed by atoms with van der Waals surface area (Å²) in [6.45, 7) is 8.11. The van der Waals surface area contributed by atoms with E-state index in [0.29, 0.717) is 6.04 Å². The van der Waals surface area contributed by atoms with E-state index in [1.54, 1.807) is 13.4 Å². The smallest absolute Gasteiger partial charge is 0.137 e. The van der Waals surface area contributed by atoms with Crippen LogP contribution >= 0.6 is 0 Å². The molecule has 32 heavy (non-hydrogen) atoms. The van der Waals surface area contributed by atoms with Gasteiger partial charge >= 0.3 is 0 Å². The first-order valence-corrected chi connectivity index (χ1v) is 11.5. The second-order valence-corrected chi connectivity index (χ2v) is 9.06. The summed E-state index contributed by atoms with van der Waals surface area (Å²) >= 11 is 0. The maximum absolute atomic E-state index is 5.37. The fraction of sp³-hybridized carbons (Fsp3) is 0.480. The normalized spacial score (nSPS) is 17.3. The average molecular weight is 436 g/mol. The summed E-state index contributed by atoms with van der Waals surface area (Å²) in [6.07, 6.45) is 6.17. The van der Waals surface area contributed by atoms with Crippen molar-refractivity contribution in [3.05, 3.63) is 59.7 Å². The number of methoxy groups -OCH3 is 1. The van der Waals surface area contributed by atoms with Crippen molar-refractivity contribution in [1.82, 2.24) is 19.6 Å². The lowest BCUT2D eigenvalue weighted by Gasteiger charge is -2.35. The molecule has 0 N–H and O–H groups in total. The zero-order valence-corrected chi connectivity index (χ0v) is 19.3. The highest BCUT2D eigenvalue weighted by molar-refractivity contribution is 5.56. The molecule has 5 rings (SSSR count). The molecule has 7 nitrogen and oxygen atoms in total. The van der Waals surface area contributed by atoms with E-state index in [-0.39, 0.29) is 0 Å². The Morgan fingerprint density at radius 3 is 2.44 bits per heavy atom. The van der Waals surface area contributed by atoms with E-state index < -0.39 is 0 Å². The standard InChI is InChI=1S/C25H33N5O2/c1-19-24(17-29(21-4-5-21)16-20-10-15-32-18-20)25(28-13-11-27(2)12-14-28)30(26-19)22-6-8-23(31-3)9-7-22/h6-10,15,18,21H,4-5,11-14,16-17H2,1-3H3. The van der Waals surface area contributed by atoms with E-state index in [1.807, 2.05) is 18.4 Å². The summed E-state index contributed by atoms with van der Waals surface area (Å²) in [4.78, 5) is 7.50. The molecule has 3 heterocycles. The largest absolute Gasteiger partial charge is 0.497 e. The summed E-state index contributed by atoms with van der Waals surface area (Å²) in [5, 5.41) is 5.04. The van der Waals surface area contributed by atoms with Gasteiger partial charge in [-0.1, -0.05) is 0 Å². The van der Waals surface area contributed by atoms with Crippen molar-refractivity contribution in [2.24, 2.45) is 0 Å². The SMILES string of the molecule is COc1ccc(-n2nc(C)c(CN(Cc3ccoc3)C3CC3)c2N2CCN(C)CC2)cc1. The number of ether oxygens (including phenoxy) is 1. The van der Waals surface area contributed by atoms with Crippen LogP contribution in [0.5, 0.6) is 5.75 Å². The number of hydrogen-bond acceptors (Lipinski definition) is 6. The van der Waals surface area contributed by atoms with Crippen molar-refractivity contribution in [3.63, 3.8) is 0 Å². The van der Waals surface area contributed by atoms with E-state index in [4.69, 9.17) is 14.3 Å². The minimum Gasteiger partial charge on any atom is -0.497 e. The van der Waals surface area contributed by atoms with Gasteiger partial charge in [-0.15, -0.1) is 0 Å². The first-order chi connectivity index (χ1) is 15.6.